The van der Waals surface area contributed by atoms with E-state index in [2.05, 4.69) is 10.4 Å². The Labute approximate surface area is 110 Å². The predicted molar refractivity (Wildman–Crippen MR) is 69.0 cm³/mol. The zero-order valence-electron chi connectivity index (χ0n) is 10.8. The van der Waals surface area contributed by atoms with E-state index in [1.54, 1.807) is 35.8 Å². The molecule has 1 atom stereocenters. The number of aliphatic carboxylic acids is 1. The highest BCUT2D eigenvalue weighted by molar-refractivity contribution is 6.02. The van der Waals surface area contributed by atoms with Gasteiger partial charge in [0.25, 0.3) is 5.91 Å². The molecule has 6 nitrogen and oxygen atoms in total. The molecular formula is C13H15N3O3. The Kier molecular flexibility index (Phi) is 3.25. The van der Waals surface area contributed by atoms with Gasteiger partial charge in [-0.3, -0.25) is 4.79 Å². The molecule has 0 aliphatic heterocycles. The number of hydrogen-bond acceptors (Lipinski definition) is 3. The topological polar surface area (TPSA) is 83.7 Å². The molecule has 0 aromatic carbocycles. The fourth-order valence-electron chi connectivity index (χ4n) is 1.72. The van der Waals surface area contributed by atoms with Crippen molar-refractivity contribution < 1.29 is 14.7 Å². The molecule has 2 rings (SSSR count). The Morgan fingerprint density at radius 1 is 1.47 bits per heavy atom. The third-order valence-corrected chi connectivity index (χ3v) is 3.24. The monoisotopic (exact) mass is 261 g/mol. The van der Waals surface area contributed by atoms with E-state index in [0.29, 0.717) is 17.5 Å². The highest BCUT2D eigenvalue weighted by Gasteiger charge is 2.33. The molecule has 0 aliphatic carbocycles. The van der Waals surface area contributed by atoms with E-state index in [4.69, 9.17) is 5.11 Å². The van der Waals surface area contributed by atoms with Crippen molar-refractivity contribution in [2.75, 3.05) is 0 Å². The number of nitrogens with one attached hydrogen (secondary N) is 1. The van der Waals surface area contributed by atoms with Crippen LogP contribution in [-0.2, 0) is 4.79 Å². The Hall–Kier alpha value is -2.37. The van der Waals surface area contributed by atoms with Crippen LogP contribution in [0, 0.1) is 0 Å². The number of amides is 1. The summed E-state index contributed by atoms with van der Waals surface area (Å²) in [6.45, 7) is 3.20. The van der Waals surface area contributed by atoms with Gasteiger partial charge in [-0.1, -0.05) is 13.0 Å². The van der Waals surface area contributed by atoms with Gasteiger partial charge in [0.05, 0.1) is 17.3 Å². The van der Waals surface area contributed by atoms with Crippen molar-refractivity contribution in [2.45, 2.75) is 25.8 Å². The number of rotatable bonds is 4. The maximum absolute atomic E-state index is 12.2. The lowest BCUT2D eigenvalue weighted by atomic mass is 9.99. The molecule has 2 heterocycles. The molecule has 6 heteroatoms. The summed E-state index contributed by atoms with van der Waals surface area (Å²) < 4.78 is 1.57. The van der Waals surface area contributed by atoms with Crippen molar-refractivity contribution in [3.63, 3.8) is 0 Å². The number of aromatic nitrogens is 2. The first-order valence-electron chi connectivity index (χ1n) is 5.96. The van der Waals surface area contributed by atoms with E-state index in [9.17, 15) is 9.59 Å². The van der Waals surface area contributed by atoms with Crippen LogP contribution in [0.3, 0.4) is 0 Å². The van der Waals surface area contributed by atoms with Gasteiger partial charge in [-0.15, -0.1) is 0 Å². The third kappa shape index (κ3) is 2.29. The van der Waals surface area contributed by atoms with Gasteiger partial charge >= 0.3 is 5.97 Å². The molecule has 0 saturated heterocycles. The Morgan fingerprint density at radius 3 is 2.84 bits per heavy atom. The molecule has 0 spiro atoms. The van der Waals surface area contributed by atoms with Crippen LogP contribution in [0.2, 0.25) is 0 Å². The smallest absolute Gasteiger partial charge is 0.329 e. The summed E-state index contributed by atoms with van der Waals surface area (Å²) in [5, 5.41) is 15.8. The van der Waals surface area contributed by atoms with Gasteiger partial charge in [-0.05, 0) is 25.5 Å². The number of carbonyl (C=O) groups is 2. The van der Waals surface area contributed by atoms with E-state index in [1.807, 2.05) is 0 Å². The van der Waals surface area contributed by atoms with Crippen LogP contribution >= 0.6 is 0 Å². The van der Waals surface area contributed by atoms with E-state index in [-0.39, 0.29) is 0 Å². The van der Waals surface area contributed by atoms with Gasteiger partial charge in [0.1, 0.15) is 5.54 Å². The van der Waals surface area contributed by atoms with Crippen molar-refractivity contribution in [3.8, 4) is 0 Å². The summed E-state index contributed by atoms with van der Waals surface area (Å²) >= 11 is 0. The van der Waals surface area contributed by atoms with E-state index >= 15 is 0 Å². The van der Waals surface area contributed by atoms with Gasteiger partial charge in [-0.2, -0.15) is 5.10 Å². The standard InChI is InChI=1S/C13H15N3O3/c1-3-13(2,12(18)19)15-11(17)9-8-14-16-7-5-4-6-10(9)16/h4-8H,3H2,1-2H3,(H,15,17)(H,18,19). The summed E-state index contributed by atoms with van der Waals surface area (Å²) in [7, 11) is 0. The Morgan fingerprint density at radius 2 is 2.21 bits per heavy atom. The van der Waals surface area contributed by atoms with Crippen LogP contribution in [0.15, 0.2) is 30.6 Å². The molecule has 2 N–H and O–H groups in total. The van der Waals surface area contributed by atoms with Gasteiger partial charge < -0.3 is 10.4 Å². The lowest BCUT2D eigenvalue weighted by molar-refractivity contribution is -0.143. The van der Waals surface area contributed by atoms with Crippen LogP contribution in [0.25, 0.3) is 5.52 Å². The maximum atomic E-state index is 12.2. The van der Waals surface area contributed by atoms with Crippen LogP contribution < -0.4 is 5.32 Å². The first kappa shape index (κ1) is 13.1. The van der Waals surface area contributed by atoms with Crippen LogP contribution in [0.5, 0.6) is 0 Å². The molecule has 1 amide bonds. The van der Waals surface area contributed by atoms with E-state index < -0.39 is 17.4 Å². The molecule has 19 heavy (non-hydrogen) atoms. The molecule has 0 saturated carbocycles. The maximum Gasteiger partial charge on any atom is 0.329 e. The van der Waals surface area contributed by atoms with Gasteiger partial charge in [0.15, 0.2) is 0 Å². The summed E-state index contributed by atoms with van der Waals surface area (Å²) in [5.41, 5.74) is -0.273. The quantitative estimate of drug-likeness (QED) is 0.869. The third-order valence-electron chi connectivity index (χ3n) is 3.24. The van der Waals surface area contributed by atoms with Crippen molar-refractivity contribution in [3.05, 3.63) is 36.2 Å². The highest BCUT2D eigenvalue weighted by Crippen LogP contribution is 2.14. The first-order chi connectivity index (χ1) is 8.98. The number of carboxylic acid groups (broad SMARTS) is 1. The Bertz CT molecular complexity index is 635. The van der Waals surface area contributed by atoms with Gasteiger partial charge in [-0.25, -0.2) is 9.31 Å². The molecule has 100 valence electrons. The number of fused-ring (bicyclic) bond motifs is 1. The van der Waals surface area contributed by atoms with Crippen molar-refractivity contribution in [2.24, 2.45) is 0 Å². The number of pyridine rings is 1. The van der Waals surface area contributed by atoms with Crippen LogP contribution in [0.1, 0.15) is 30.6 Å². The summed E-state index contributed by atoms with van der Waals surface area (Å²) in [4.78, 5) is 23.4. The first-order valence-corrected chi connectivity index (χ1v) is 5.96. The number of carboxylic acids is 1. The molecular weight excluding hydrogens is 246 g/mol. The lowest BCUT2D eigenvalue weighted by Gasteiger charge is -2.24. The molecule has 0 radical (unpaired) electrons. The van der Waals surface area contributed by atoms with Crippen LogP contribution in [0.4, 0.5) is 0 Å². The molecule has 1 unspecified atom stereocenters. The minimum Gasteiger partial charge on any atom is -0.480 e. The summed E-state index contributed by atoms with van der Waals surface area (Å²) in [6.07, 6.45) is 3.46. The van der Waals surface area contributed by atoms with Crippen molar-refractivity contribution in [1.82, 2.24) is 14.9 Å². The minimum atomic E-state index is -1.28. The summed E-state index contributed by atoms with van der Waals surface area (Å²) in [5.74, 6) is -1.49. The zero-order valence-corrected chi connectivity index (χ0v) is 10.8. The average Bonchev–Trinajstić information content (AvgIpc) is 2.82. The zero-order chi connectivity index (χ0) is 14.0. The minimum absolute atomic E-state index is 0.299. The van der Waals surface area contributed by atoms with Gasteiger partial charge in [0.2, 0.25) is 0 Å². The Balaban J connectivity index is 2.32. The fraction of sp³-hybridized carbons (Fsp3) is 0.308. The van der Waals surface area contributed by atoms with Gasteiger partial charge in [0, 0.05) is 6.20 Å². The molecule has 0 bridgehead atoms. The highest BCUT2D eigenvalue weighted by atomic mass is 16.4. The van der Waals surface area contributed by atoms with Crippen molar-refractivity contribution >= 4 is 17.4 Å². The number of carbonyl (C=O) groups excluding carboxylic acids is 1. The summed E-state index contributed by atoms with van der Waals surface area (Å²) in [6, 6.07) is 5.35. The van der Waals surface area contributed by atoms with E-state index in [1.165, 1.54) is 13.1 Å². The molecule has 2 aromatic heterocycles. The molecule has 0 aliphatic rings. The fourth-order valence-corrected chi connectivity index (χ4v) is 1.72. The number of nitrogens with zero attached hydrogens (tertiary/aromatic N) is 2. The normalized spacial score (nSPS) is 14.0. The van der Waals surface area contributed by atoms with Crippen molar-refractivity contribution in [1.29, 1.82) is 0 Å². The largest absolute Gasteiger partial charge is 0.480 e. The average molecular weight is 261 g/mol. The van der Waals surface area contributed by atoms with Crippen LogP contribution in [-0.4, -0.2) is 32.1 Å². The number of hydrogen-bond donors (Lipinski definition) is 2. The second-order valence-electron chi connectivity index (χ2n) is 4.53. The lowest BCUT2D eigenvalue weighted by Crippen LogP contribution is -2.51. The SMILES string of the molecule is CCC(C)(NC(=O)c1cnn2ccccc12)C(=O)O. The second kappa shape index (κ2) is 4.72. The predicted octanol–water partition coefficient (Wildman–Crippen LogP) is 1.32. The second-order valence-corrected chi connectivity index (χ2v) is 4.53. The molecule has 2 aromatic rings. The molecule has 0 fully saturated rings. The van der Waals surface area contributed by atoms with E-state index in [0.717, 1.165) is 0 Å².